The molecule has 0 saturated carbocycles. The maximum atomic E-state index is 11.6. The van der Waals surface area contributed by atoms with E-state index in [4.69, 9.17) is 9.47 Å². The van der Waals surface area contributed by atoms with E-state index in [1.165, 1.54) is 0 Å². The molecule has 0 aliphatic heterocycles. The highest BCUT2D eigenvalue weighted by Crippen LogP contribution is 2.31. The van der Waals surface area contributed by atoms with Crippen molar-refractivity contribution in [1.29, 1.82) is 0 Å². The van der Waals surface area contributed by atoms with Gasteiger partial charge in [-0.15, -0.1) is 0 Å². The summed E-state index contributed by atoms with van der Waals surface area (Å²) < 4.78 is 10.7. The van der Waals surface area contributed by atoms with Crippen molar-refractivity contribution in [3.05, 3.63) is 27.7 Å². The third-order valence-corrected chi connectivity index (χ3v) is 2.80. The van der Waals surface area contributed by atoms with Crippen LogP contribution in [0, 0.1) is 6.92 Å². The van der Waals surface area contributed by atoms with Crippen molar-refractivity contribution in [1.82, 2.24) is 0 Å². The predicted molar refractivity (Wildman–Crippen MR) is 61.4 cm³/mol. The lowest BCUT2D eigenvalue weighted by molar-refractivity contribution is 0.0524. The van der Waals surface area contributed by atoms with E-state index in [0.29, 0.717) is 22.4 Å². The van der Waals surface area contributed by atoms with E-state index in [1.807, 2.05) is 19.1 Å². The molecular weight excluding hydrogens is 260 g/mol. The maximum Gasteiger partial charge on any atom is 0.339 e. The molecule has 1 rings (SSSR count). The molecule has 0 radical (unpaired) electrons. The molecule has 0 N–H and O–H groups in total. The van der Waals surface area contributed by atoms with Gasteiger partial charge in [0.2, 0.25) is 0 Å². The minimum Gasteiger partial charge on any atom is -0.496 e. The van der Waals surface area contributed by atoms with Crippen LogP contribution in [0.25, 0.3) is 0 Å². The molecule has 0 aliphatic carbocycles. The third kappa shape index (κ3) is 2.50. The van der Waals surface area contributed by atoms with E-state index in [2.05, 4.69) is 15.9 Å². The van der Waals surface area contributed by atoms with Crippen LogP contribution in [0.5, 0.6) is 5.75 Å². The second-order valence-electron chi connectivity index (χ2n) is 2.99. The Labute approximate surface area is 97.5 Å². The first kappa shape index (κ1) is 12.0. The van der Waals surface area contributed by atoms with Crippen molar-refractivity contribution < 1.29 is 14.3 Å². The molecule has 0 aromatic heterocycles. The number of methoxy groups -OCH3 is 1. The minimum absolute atomic E-state index is 0.333. The Morgan fingerprint density at radius 1 is 1.47 bits per heavy atom. The number of halogens is 1. The normalized spacial score (nSPS) is 9.87. The summed E-state index contributed by atoms with van der Waals surface area (Å²) in [5.74, 6) is 0.296. The van der Waals surface area contributed by atoms with Crippen molar-refractivity contribution in [2.75, 3.05) is 13.7 Å². The first-order chi connectivity index (χ1) is 7.11. The average molecular weight is 273 g/mol. The Kier molecular flexibility index (Phi) is 4.15. The van der Waals surface area contributed by atoms with Crippen molar-refractivity contribution in [2.24, 2.45) is 0 Å². The molecule has 0 fully saturated rings. The molecule has 4 heteroatoms. The topological polar surface area (TPSA) is 35.5 Å². The molecule has 0 heterocycles. The number of carbonyl (C=O) groups is 1. The second-order valence-corrected chi connectivity index (χ2v) is 3.79. The second kappa shape index (κ2) is 5.16. The van der Waals surface area contributed by atoms with Gasteiger partial charge in [-0.25, -0.2) is 4.79 Å². The van der Waals surface area contributed by atoms with Crippen LogP contribution in [0.1, 0.15) is 22.8 Å². The van der Waals surface area contributed by atoms with E-state index in [1.54, 1.807) is 14.0 Å². The third-order valence-electron chi connectivity index (χ3n) is 2.01. The Morgan fingerprint density at radius 3 is 2.67 bits per heavy atom. The number of hydrogen-bond donors (Lipinski definition) is 0. The quantitative estimate of drug-likeness (QED) is 0.794. The van der Waals surface area contributed by atoms with Crippen LogP contribution >= 0.6 is 15.9 Å². The monoisotopic (exact) mass is 272 g/mol. The highest BCUT2D eigenvalue weighted by molar-refractivity contribution is 9.10. The molecule has 1 aromatic rings. The lowest BCUT2D eigenvalue weighted by Crippen LogP contribution is -2.08. The van der Waals surface area contributed by atoms with Crippen molar-refractivity contribution in [3.63, 3.8) is 0 Å². The van der Waals surface area contributed by atoms with Gasteiger partial charge in [0.1, 0.15) is 5.75 Å². The van der Waals surface area contributed by atoms with E-state index in [-0.39, 0.29) is 5.97 Å². The van der Waals surface area contributed by atoms with Gasteiger partial charge >= 0.3 is 5.97 Å². The van der Waals surface area contributed by atoms with Crippen LogP contribution in [-0.4, -0.2) is 19.7 Å². The first-order valence-corrected chi connectivity index (χ1v) is 5.41. The molecule has 0 bridgehead atoms. The number of esters is 1. The van der Waals surface area contributed by atoms with Crippen LogP contribution < -0.4 is 4.74 Å². The molecule has 0 atom stereocenters. The fourth-order valence-electron chi connectivity index (χ4n) is 1.26. The van der Waals surface area contributed by atoms with E-state index in [0.717, 1.165) is 5.56 Å². The number of benzene rings is 1. The molecule has 0 unspecified atom stereocenters. The Hall–Kier alpha value is -1.03. The molecule has 0 spiro atoms. The van der Waals surface area contributed by atoms with Gasteiger partial charge in [-0.1, -0.05) is 6.07 Å². The molecule has 1 aromatic carbocycles. The number of ether oxygens (including phenoxy) is 2. The lowest BCUT2D eigenvalue weighted by atomic mass is 10.1. The van der Waals surface area contributed by atoms with Crippen molar-refractivity contribution in [3.8, 4) is 5.75 Å². The summed E-state index contributed by atoms with van der Waals surface area (Å²) in [6.07, 6.45) is 0. The van der Waals surface area contributed by atoms with E-state index < -0.39 is 0 Å². The van der Waals surface area contributed by atoms with Crippen molar-refractivity contribution >= 4 is 21.9 Å². The Balaban J connectivity index is 3.20. The predicted octanol–water partition coefficient (Wildman–Crippen LogP) is 2.94. The summed E-state index contributed by atoms with van der Waals surface area (Å²) in [4.78, 5) is 11.6. The fourth-order valence-corrected chi connectivity index (χ4v) is 2.03. The highest BCUT2D eigenvalue weighted by atomic mass is 79.9. The van der Waals surface area contributed by atoms with Crippen LogP contribution in [0.4, 0.5) is 0 Å². The molecule has 82 valence electrons. The van der Waals surface area contributed by atoms with Gasteiger partial charge in [-0.05, 0) is 41.4 Å². The zero-order valence-electron chi connectivity index (χ0n) is 8.96. The summed E-state index contributed by atoms with van der Waals surface area (Å²) in [6.45, 7) is 4.00. The molecule has 0 saturated heterocycles. The number of hydrogen-bond acceptors (Lipinski definition) is 3. The smallest absolute Gasteiger partial charge is 0.339 e. The summed E-state index contributed by atoms with van der Waals surface area (Å²) in [7, 11) is 1.56. The van der Waals surface area contributed by atoms with E-state index in [9.17, 15) is 4.79 Å². The van der Waals surface area contributed by atoms with Crippen LogP contribution in [0.3, 0.4) is 0 Å². The van der Waals surface area contributed by atoms with Gasteiger partial charge in [0.25, 0.3) is 0 Å². The number of aryl methyl sites for hydroxylation is 1. The minimum atomic E-state index is -0.333. The summed E-state index contributed by atoms with van der Waals surface area (Å²) in [5.41, 5.74) is 1.39. The van der Waals surface area contributed by atoms with Gasteiger partial charge in [0, 0.05) is 0 Å². The molecular formula is C11H13BrO3. The Morgan fingerprint density at radius 2 is 2.13 bits per heavy atom. The molecule has 3 nitrogen and oxygen atoms in total. The zero-order chi connectivity index (χ0) is 11.4. The van der Waals surface area contributed by atoms with Gasteiger partial charge in [0.05, 0.1) is 23.8 Å². The summed E-state index contributed by atoms with van der Waals surface area (Å²) in [5, 5.41) is 0. The first-order valence-electron chi connectivity index (χ1n) is 4.62. The molecule has 0 amide bonds. The standard InChI is InChI=1S/C11H13BrO3/c1-4-15-11(13)9-7(2)5-6-8(14-3)10(9)12/h5-6H,4H2,1-3H3. The van der Waals surface area contributed by atoms with Gasteiger partial charge < -0.3 is 9.47 Å². The van der Waals surface area contributed by atoms with Gasteiger partial charge in [-0.3, -0.25) is 0 Å². The van der Waals surface area contributed by atoms with Crippen LogP contribution in [0.2, 0.25) is 0 Å². The maximum absolute atomic E-state index is 11.6. The highest BCUT2D eigenvalue weighted by Gasteiger charge is 2.17. The Bertz CT molecular complexity index is 374. The molecule has 0 aliphatic rings. The largest absolute Gasteiger partial charge is 0.496 e. The average Bonchev–Trinajstić information content (AvgIpc) is 2.18. The van der Waals surface area contributed by atoms with Gasteiger partial charge in [0.15, 0.2) is 0 Å². The SMILES string of the molecule is CCOC(=O)c1c(C)ccc(OC)c1Br. The fraction of sp³-hybridized carbons (Fsp3) is 0.364. The summed E-state index contributed by atoms with van der Waals surface area (Å²) >= 11 is 3.34. The number of rotatable bonds is 3. The van der Waals surface area contributed by atoms with Gasteiger partial charge in [-0.2, -0.15) is 0 Å². The number of carbonyl (C=O) groups excluding carboxylic acids is 1. The van der Waals surface area contributed by atoms with Crippen LogP contribution in [0.15, 0.2) is 16.6 Å². The zero-order valence-corrected chi connectivity index (χ0v) is 10.6. The molecule has 15 heavy (non-hydrogen) atoms. The van der Waals surface area contributed by atoms with Crippen molar-refractivity contribution in [2.45, 2.75) is 13.8 Å². The summed E-state index contributed by atoms with van der Waals surface area (Å²) in [6, 6.07) is 3.64. The lowest BCUT2D eigenvalue weighted by Gasteiger charge is -2.10. The van der Waals surface area contributed by atoms with Crippen LogP contribution in [-0.2, 0) is 4.74 Å². The van der Waals surface area contributed by atoms with E-state index >= 15 is 0 Å².